The molecule has 31 heavy (non-hydrogen) atoms. The number of para-hydroxylation sites is 1. The first-order valence-corrected chi connectivity index (χ1v) is 10.3. The van der Waals surface area contributed by atoms with Gasteiger partial charge in [-0.05, 0) is 42.3 Å². The van der Waals surface area contributed by atoms with Crippen LogP contribution in [-0.4, -0.2) is 15.7 Å². The van der Waals surface area contributed by atoms with Gasteiger partial charge in [-0.1, -0.05) is 65.7 Å². The number of nitrogens with one attached hydrogen (secondary N) is 1. The molecule has 0 unspecified atom stereocenters. The SMILES string of the molecule is Cc1ccc(Cn2ccc(NC(=O)c3cccc(COc4ccccc4Cl)c3)n2)cc1. The third-order valence-corrected chi connectivity index (χ3v) is 5.08. The van der Waals surface area contributed by atoms with E-state index in [2.05, 4.69) is 41.6 Å². The lowest BCUT2D eigenvalue weighted by Crippen LogP contribution is -2.13. The molecule has 0 radical (unpaired) electrons. The van der Waals surface area contributed by atoms with Crippen LogP contribution >= 0.6 is 11.6 Å². The summed E-state index contributed by atoms with van der Waals surface area (Å²) in [5.41, 5.74) is 3.78. The van der Waals surface area contributed by atoms with E-state index in [-0.39, 0.29) is 5.91 Å². The largest absolute Gasteiger partial charge is 0.487 e. The maximum atomic E-state index is 12.7. The van der Waals surface area contributed by atoms with Gasteiger partial charge in [-0.25, -0.2) is 0 Å². The number of ether oxygens (including phenoxy) is 1. The minimum absolute atomic E-state index is 0.222. The summed E-state index contributed by atoms with van der Waals surface area (Å²) in [7, 11) is 0. The predicted octanol–water partition coefficient (Wildman–Crippen LogP) is 5.72. The zero-order chi connectivity index (χ0) is 21.6. The molecule has 1 aromatic heterocycles. The van der Waals surface area contributed by atoms with Gasteiger partial charge in [0.25, 0.3) is 5.91 Å². The van der Waals surface area contributed by atoms with E-state index in [1.807, 2.05) is 36.5 Å². The van der Waals surface area contributed by atoms with E-state index in [1.165, 1.54) is 5.56 Å². The summed E-state index contributed by atoms with van der Waals surface area (Å²) in [5.74, 6) is 0.896. The second-order valence-electron chi connectivity index (χ2n) is 7.26. The summed E-state index contributed by atoms with van der Waals surface area (Å²) in [6, 6.07) is 24.7. The van der Waals surface area contributed by atoms with Crippen LogP contribution in [-0.2, 0) is 13.2 Å². The standard InChI is InChI=1S/C25H22ClN3O2/c1-18-9-11-19(12-10-18)16-29-14-13-24(28-29)27-25(30)21-6-4-5-20(15-21)17-31-23-8-3-2-7-22(23)26/h2-15H,16-17H2,1H3,(H,27,28,30). The van der Waals surface area contributed by atoms with Gasteiger partial charge in [0.2, 0.25) is 0 Å². The third kappa shape index (κ3) is 5.53. The van der Waals surface area contributed by atoms with Crippen LogP contribution in [0.2, 0.25) is 5.02 Å². The zero-order valence-electron chi connectivity index (χ0n) is 17.1. The van der Waals surface area contributed by atoms with Crippen LogP contribution < -0.4 is 10.1 Å². The van der Waals surface area contributed by atoms with Crippen molar-refractivity contribution in [3.8, 4) is 5.75 Å². The Kier molecular flexibility index (Phi) is 6.34. The molecule has 0 aliphatic rings. The highest BCUT2D eigenvalue weighted by atomic mass is 35.5. The molecule has 4 aromatic rings. The smallest absolute Gasteiger partial charge is 0.256 e. The fourth-order valence-electron chi connectivity index (χ4n) is 3.11. The molecule has 5 nitrogen and oxygen atoms in total. The fourth-order valence-corrected chi connectivity index (χ4v) is 3.30. The number of amides is 1. The Balaban J connectivity index is 1.37. The molecule has 1 amide bonds. The number of hydrogen-bond donors (Lipinski definition) is 1. The predicted molar refractivity (Wildman–Crippen MR) is 123 cm³/mol. The van der Waals surface area contributed by atoms with Crippen LogP contribution in [0.3, 0.4) is 0 Å². The number of aromatic nitrogens is 2. The van der Waals surface area contributed by atoms with Gasteiger partial charge in [-0.15, -0.1) is 0 Å². The van der Waals surface area contributed by atoms with Gasteiger partial charge in [-0.3, -0.25) is 9.48 Å². The van der Waals surface area contributed by atoms with Crippen LogP contribution in [0.25, 0.3) is 0 Å². The average Bonchev–Trinajstić information content (AvgIpc) is 3.21. The van der Waals surface area contributed by atoms with Crippen molar-refractivity contribution >= 4 is 23.3 Å². The van der Waals surface area contributed by atoms with Crippen molar-refractivity contribution in [1.29, 1.82) is 0 Å². The van der Waals surface area contributed by atoms with Gasteiger partial charge >= 0.3 is 0 Å². The van der Waals surface area contributed by atoms with Crippen molar-refractivity contribution < 1.29 is 9.53 Å². The quantitative estimate of drug-likeness (QED) is 0.407. The first-order valence-electron chi connectivity index (χ1n) is 9.93. The van der Waals surface area contributed by atoms with Crippen molar-refractivity contribution in [2.45, 2.75) is 20.1 Å². The average molecular weight is 432 g/mol. The first kappa shape index (κ1) is 20.7. The van der Waals surface area contributed by atoms with E-state index in [9.17, 15) is 4.79 Å². The van der Waals surface area contributed by atoms with E-state index >= 15 is 0 Å². The number of hydrogen-bond acceptors (Lipinski definition) is 3. The van der Waals surface area contributed by atoms with Crippen molar-refractivity contribution in [3.63, 3.8) is 0 Å². The fraction of sp³-hybridized carbons (Fsp3) is 0.120. The summed E-state index contributed by atoms with van der Waals surface area (Å²) in [4.78, 5) is 12.7. The lowest BCUT2D eigenvalue weighted by atomic mass is 10.1. The van der Waals surface area contributed by atoms with Gasteiger partial charge < -0.3 is 10.1 Å². The van der Waals surface area contributed by atoms with Crippen LogP contribution in [0.15, 0.2) is 85.1 Å². The second-order valence-corrected chi connectivity index (χ2v) is 7.66. The van der Waals surface area contributed by atoms with E-state index in [0.717, 1.165) is 11.1 Å². The zero-order valence-corrected chi connectivity index (χ0v) is 17.8. The number of rotatable bonds is 7. The number of carbonyl (C=O) groups is 1. The Morgan fingerprint density at radius 2 is 1.81 bits per heavy atom. The molecule has 0 aliphatic carbocycles. The molecule has 0 fully saturated rings. The summed E-state index contributed by atoms with van der Waals surface area (Å²) >= 11 is 6.12. The van der Waals surface area contributed by atoms with Gasteiger partial charge in [0.05, 0.1) is 11.6 Å². The molecule has 6 heteroatoms. The number of halogens is 1. The molecule has 1 N–H and O–H groups in total. The van der Waals surface area contributed by atoms with Crippen LogP contribution in [0.1, 0.15) is 27.0 Å². The highest BCUT2D eigenvalue weighted by Crippen LogP contribution is 2.24. The number of anilines is 1. The van der Waals surface area contributed by atoms with Gasteiger partial charge in [-0.2, -0.15) is 5.10 Å². The minimum atomic E-state index is -0.222. The molecular weight excluding hydrogens is 410 g/mol. The maximum Gasteiger partial charge on any atom is 0.256 e. The molecule has 0 saturated carbocycles. The molecule has 0 bridgehead atoms. The lowest BCUT2D eigenvalue weighted by Gasteiger charge is -2.09. The second kappa shape index (κ2) is 9.49. The Labute approximate surface area is 186 Å². The highest BCUT2D eigenvalue weighted by molar-refractivity contribution is 6.32. The van der Waals surface area contributed by atoms with E-state index < -0.39 is 0 Å². The highest BCUT2D eigenvalue weighted by Gasteiger charge is 2.10. The Bertz CT molecular complexity index is 1190. The van der Waals surface area contributed by atoms with Gasteiger partial charge in [0, 0.05) is 17.8 Å². The van der Waals surface area contributed by atoms with Crippen LogP contribution in [0.5, 0.6) is 5.75 Å². The molecule has 156 valence electrons. The Morgan fingerprint density at radius 1 is 1.00 bits per heavy atom. The van der Waals surface area contributed by atoms with E-state index in [4.69, 9.17) is 16.3 Å². The molecule has 0 aliphatic heterocycles. The number of benzene rings is 3. The third-order valence-electron chi connectivity index (χ3n) is 4.77. The van der Waals surface area contributed by atoms with E-state index in [1.54, 1.807) is 28.9 Å². The van der Waals surface area contributed by atoms with Crippen molar-refractivity contribution in [1.82, 2.24) is 9.78 Å². The Morgan fingerprint density at radius 3 is 2.61 bits per heavy atom. The topological polar surface area (TPSA) is 56.2 Å². The first-order chi connectivity index (χ1) is 15.1. The van der Waals surface area contributed by atoms with Crippen LogP contribution in [0, 0.1) is 6.92 Å². The van der Waals surface area contributed by atoms with Gasteiger partial charge in [0.15, 0.2) is 5.82 Å². The van der Waals surface area contributed by atoms with Crippen molar-refractivity contribution in [3.05, 3.63) is 112 Å². The molecule has 1 heterocycles. The number of nitrogens with zero attached hydrogens (tertiary/aromatic N) is 2. The molecule has 0 saturated heterocycles. The normalized spacial score (nSPS) is 10.6. The minimum Gasteiger partial charge on any atom is -0.487 e. The monoisotopic (exact) mass is 431 g/mol. The van der Waals surface area contributed by atoms with Crippen molar-refractivity contribution in [2.24, 2.45) is 0 Å². The van der Waals surface area contributed by atoms with E-state index in [0.29, 0.717) is 35.3 Å². The van der Waals surface area contributed by atoms with Crippen molar-refractivity contribution in [2.75, 3.05) is 5.32 Å². The summed E-state index contributed by atoms with van der Waals surface area (Å²) in [6.07, 6.45) is 1.85. The number of aryl methyl sites for hydroxylation is 1. The van der Waals surface area contributed by atoms with Gasteiger partial charge in [0.1, 0.15) is 12.4 Å². The molecule has 0 atom stereocenters. The summed E-state index contributed by atoms with van der Waals surface area (Å²) < 4.78 is 7.56. The molecule has 4 rings (SSSR count). The summed E-state index contributed by atoms with van der Waals surface area (Å²) in [6.45, 7) is 3.02. The lowest BCUT2D eigenvalue weighted by molar-refractivity contribution is 0.102. The molecule has 0 spiro atoms. The van der Waals surface area contributed by atoms with Crippen LogP contribution in [0.4, 0.5) is 5.82 Å². The molecule has 3 aromatic carbocycles. The molecular formula is C25H22ClN3O2. The Hall–Kier alpha value is -3.57. The maximum absolute atomic E-state index is 12.7. The number of carbonyl (C=O) groups excluding carboxylic acids is 1. The summed E-state index contributed by atoms with van der Waals surface area (Å²) in [5, 5.41) is 7.85.